The van der Waals surface area contributed by atoms with E-state index in [0.29, 0.717) is 25.9 Å². The molecular weight excluding hydrogens is 460 g/mol. The maximum atomic E-state index is 12.6. The largest absolute Gasteiger partial charge is 0.352 e. The molecule has 35 heavy (non-hydrogen) atoms. The molecule has 0 spiro atoms. The SMILES string of the molecule is CNS(=O)(=O)c1ccc(CCC(=O)NCc2cn(Cc3ccccc3)nc2-c2ccccc2)cc1. The van der Waals surface area contributed by atoms with Crippen molar-refractivity contribution in [3.8, 4) is 11.3 Å². The lowest BCUT2D eigenvalue weighted by Gasteiger charge is -2.07. The van der Waals surface area contributed by atoms with Gasteiger partial charge in [-0.15, -0.1) is 0 Å². The van der Waals surface area contributed by atoms with Crippen LogP contribution in [0.5, 0.6) is 0 Å². The first kappa shape index (κ1) is 24.4. The molecule has 0 saturated heterocycles. The van der Waals surface area contributed by atoms with Gasteiger partial charge in [-0.05, 0) is 36.7 Å². The highest BCUT2D eigenvalue weighted by atomic mass is 32.2. The highest BCUT2D eigenvalue weighted by Crippen LogP contribution is 2.22. The second-order valence-corrected chi connectivity index (χ2v) is 10.1. The van der Waals surface area contributed by atoms with Crippen LogP contribution in [0.15, 0.2) is 96.0 Å². The van der Waals surface area contributed by atoms with Crippen LogP contribution in [0, 0.1) is 0 Å². The molecule has 1 aromatic heterocycles. The van der Waals surface area contributed by atoms with Gasteiger partial charge in [0.15, 0.2) is 0 Å². The zero-order chi connectivity index (χ0) is 24.7. The molecule has 0 unspecified atom stereocenters. The third-order valence-electron chi connectivity index (χ3n) is 5.69. The molecule has 4 rings (SSSR count). The molecule has 7 nitrogen and oxygen atoms in total. The summed E-state index contributed by atoms with van der Waals surface area (Å²) in [6.45, 7) is 1.02. The van der Waals surface area contributed by atoms with Gasteiger partial charge in [0, 0.05) is 30.3 Å². The van der Waals surface area contributed by atoms with Crippen molar-refractivity contribution >= 4 is 15.9 Å². The summed E-state index contributed by atoms with van der Waals surface area (Å²) in [5.41, 5.74) is 4.85. The van der Waals surface area contributed by atoms with E-state index < -0.39 is 10.0 Å². The maximum Gasteiger partial charge on any atom is 0.240 e. The lowest BCUT2D eigenvalue weighted by Crippen LogP contribution is -2.23. The Balaban J connectivity index is 1.40. The van der Waals surface area contributed by atoms with Gasteiger partial charge in [-0.3, -0.25) is 9.48 Å². The Bertz CT molecular complexity index is 1370. The smallest absolute Gasteiger partial charge is 0.240 e. The molecule has 0 bridgehead atoms. The fourth-order valence-electron chi connectivity index (χ4n) is 3.78. The van der Waals surface area contributed by atoms with Crippen LogP contribution in [0.25, 0.3) is 11.3 Å². The van der Waals surface area contributed by atoms with E-state index in [1.165, 1.54) is 7.05 Å². The molecule has 0 saturated carbocycles. The molecule has 3 aromatic carbocycles. The van der Waals surface area contributed by atoms with Gasteiger partial charge < -0.3 is 5.32 Å². The number of carbonyl (C=O) groups excluding carboxylic acids is 1. The topological polar surface area (TPSA) is 93.1 Å². The summed E-state index contributed by atoms with van der Waals surface area (Å²) < 4.78 is 27.9. The number of sulfonamides is 1. The number of aryl methyl sites for hydroxylation is 1. The number of hydrogen-bond acceptors (Lipinski definition) is 4. The number of carbonyl (C=O) groups is 1. The summed E-state index contributed by atoms with van der Waals surface area (Å²) in [6, 6.07) is 26.6. The Morgan fingerprint density at radius 3 is 2.20 bits per heavy atom. The van der Waals surface area contributed by atoms with Crippen molar-refractivity contribution < 1.29 is 13.2 Å². The van der Waals surface area contributed by atoms with Crippen LogP contribution in [0.3, 0.4) is 0 Å². The molecule has 4 aromatic rings. The van der Waals surface area contributed by atoms with E-state index in [1.54, 1.807) is 24.3 Å². The molecular formula is C27H28N4O3S. The van der Waals surface area contributed by atoms with E-state index in [0.717, 1.165) is 27.9 Å². The second-order valence-electron chi connectivity index (χ2n) is 8.18. The molecule has 8 heteroatoms. The highest BCUT2D eigenvalue weighted by Gasteiger charge is 2.14. The van der Waals surface area contributed by atoms with Crippen molar-refractivity contribution in [1.29, 1.82) is 0 Å². The first-order valence-electron chi connectivity index (χ1n) is 11.4. The van der Waals surface area contributed by atoms with Crippen molar-refractivity contribution in [1.82, 2.24) is 19.8 Å². The minimum Gasteiger partial charge on any atom is -0.352 e. The summed E-state index contributed by atoms with van der Waals surface area (Å²) >= 11 is 0. The quantitative estimate of drug-likeness (QED) is 0.356. The van der Waals surface area contributed by atoms with Gasteiger partial charge in [-0.1, -0.05) is 72.8 Å². The predicted octanol–water partition coefficient (Wildman–Crippen LogP) is 3.76. The third-order valence-corrected chi connectivity index (χ3v) is 7.12. The highest BCUT2D eigenvalue weighted by molar-refractivity contribution is 7.89. The van der Waals surface area contributed by atoms with E-state index in [1.807, 2.05) is 59.4 Å². The van der Waals surface area contributed by atoms with Gasteiger partial charge in [-0.2, -0.15) is 5.10 Å². The first-order chi connectivity index (χ1) is 16.9. The average molecular weight is 489 g/mol. The molecule has 1 heterocycles. The Labute approximate surface area is 205 Å². The van der Waals surface area contributed by atoms with Crippen LogP contribution in [0.4, 0.5) is 0 Å². The molecule has 2 N–H and O–H groups in total. The van der Waals surface area contributed by atoms with E-state index in [-0.39, 0.29) is 10.8 Å². The van der Waals surface area contributed by atoms with Crippen LogP contribution in [0.2, 0.25) is 0 Å². The Morgan fingerprint density at radius 2 is 1.54 bits per heavy atom. The number of benzene rings is 3. The van der Waals surface area contributed by atoms with Crippen LogP contribution in [-0.2, 0) is 34.3 Å². The number of aromatic nitrogens is 2. The zero-order valence-corrected chi connectivity index (χ0v) is 20.3. The normalized spacial score (nSPS) is 11.3. The van der Waals surface area contributed by atoms with Crippen molar-refractivity contribution in [2.75, 3.05) is 7.05 Å². The number of nitrogens with zero attached hydrogens (tertiary/aromatic N) is 2. The Hall–Kier alpha value is -3.75. The monoisotopic (exact) mass is 488 g/mol. The molecule has 1 amide bonds. The molecule has 0 aliphatic carbocycles. The van der Waals surface area contributed by atoms with Gasteiger partial charge >= 0.3 is 0 Å². The lowest BCUT2D eigenvalue weighted by atomic mass is 10.1. The average Bonchev–Trinajstić information content (AvgIpc) is 3.30. The molecule has 180 valence electrons. The summed E-state index contributed by atoms with van der Waals surface area (Å²) in [5.74, 6) is -0.0771. The van der Waals surface area contributed by atoms with E-state index >= 15 is 0 Å². The second kappa shape index (κ2) is 11.1. The van der Waals surface area contributed by atoms with Crippen LogP contribution in [0.1, 0.15) is 23.1 Å². The summed E-state index contributed by atoms with van der Waals surface area (Å²) in [4.78, 5) is 12.8. The van der Waals surface area contributed by atoms with Crippen molar-refractivity contribution in [2.24, 2.45) is 0 Å². The summed E-state index contributed by atoms with van der Waals surface area (Å²) in [6.07, 6.45) is 2.80. The number of hydrogen-bond donors (Lipinski definition) is 2. The molecule has 0 radical (unpaired) electrons. The lowest BCUT2D eigenvalue weighted by molar-refractivity contribution is -0.121. The summed E-state index contributed by atoms with van der Waals surface area (Å²) in [5, 5.41) is 7.80. The predicted molar refractivity (Wildman–Crippen MR) is 136 cm³/mol. The summed E-state index contributed by atoms with van der Waals surface area (Å²) in [7, 11) is -2.09. The fourth-order valence-corrected chi connectivity index (χ4v) is 4.51. The van der Waals surface area contributed by atoms with Gasteiger partial charge in [0.1, 0.15) is 0 Å². The van der Waals surface area contributed by atoms with Gasteiger partial charge in [-0.25, -0.2) is 13.1 Å². The number of nitrogens with one attached hydrogen (secondary N) is 2. The Morgan fingerprint density at radius 1 is 0.886 bits per heavy atom. The van der Waals surface area contributed by atoms with E-state index in [4.69, 9.17) is 5.10 Å². The van der Waals surface area contributed by atoms with Crippen molar-refractivity contribution in [3.63, 3.8) is 0 Å². The van der Waals surface area contributed by atoms with E-state index in [2.05, 4.69) is 22.2 Å². The van der Waals surface area contributed by atoms with Gasteiger partial charge in [0.2, 0.25) is 15.9 Å². The maximum absolute atomic E-state index is 12.6. The third kappa shape index (κ3) is 6.44. The molecule has 0 aliphatic rings. The standard InChI is InChI=1S/C27H28N4O3S/c1-28-35(33,34)25-15-12-21(13-16-25)14-17-26(32)29-18-24-20-31(19-22-8-4-2-5-9-22)30-27(24)23-10-6-3-7-11-23/h2-13,15-16,20,28H,14,17-19H2,1H3,(H,29,32). The van der Waals surface area contributed by atoms with Crippen LogP contribution >= 0.6 is 0 Å². The minimum atomic E-state index is -3.47. The first-order valence-corrected chi connectivity index (χ1v) is 12.9. The van der Waals surface area contributed by atoms with Crippen molar-refractivity contribution in [3.05, 3.63) is 108 Å². The molecule has 0 atom stereocenters. The van der Waals surface area contributed by atoms with E-state index in [9.17, 15) is 13.2 Å². The number of amides is 1. The number of rotatable bonds is 10. The Kier molecular flexibility index (Phi) is 7.74. The van der Waals surface area contributed by atoms with Crippen LogP contribution < -0.4 is 10.0 Å². The molecule has 0 fully saturated rings. The minimum absolute atomic E-state index is 0.0771. The van der Waals surface area contributed by atoms with Gasteiger partial charge in [0.25, 0.3) is 0 Å². The van der Waals surface area contributed by atoms with Crippen molar-refractivity contribution in [2.45, 2.75) is 30.8 Å². The van der Waals surface area contributed by atoms with Gasteiger partial charge in [0.05, 0.1) is 17.1 Å². The molecule has 0 aliphatic heterocycles. The van der Waals surface area contributed by atoms with Crippen LogP contribution in [-0.4, -0.2) is 31.2 Å². The fraction of sp³-hybridized carbons (Fsp3) is 0.185. The zero-order valence-electron chi connectivity index (χ0n) is 19.5.